The number of rotatable bonds is 4. The van der Waals surface area contributed by atoms with Crippen molar-refractivity contribution in [2.75, 3.05) is 0 Å². The standard InChI is InChI=1S/C12H17N3O3/c1-8(2)4-12(3,18)7-15-6-9(5-13)10(16)14-11(15)17/h6,8,18H,4,7H2,1-3H3,(H,14,16,17). The van der Waals surface area contributed by atoms with Crippen LogP contribution < -0.4 is 11.2 Å². The molecule has 0 spiro atoms. The number of nitriles is 1. The summed E-state index contributed by atoms with van der Waals surface area (Å²) in [5.74, 6) is 0.272. The van der Waals surface area contributed by atoms with Crippen molar-refractivity contribution in [3.63, 3.8) is 0 Å². The Hall–Kier alpha value is -1.87. The van der Waals surface area contributed by atoms with Gasteiger partial charge in [-0.3, -0.25) is 14.3 Å². The highest BCUT2D eigenvalue weighted by Crippen LogP contribution is 2.17. The molecule has 1 heterocycles. The normalized spacial score (nSPS) is 14.2. The Morgan fingerprint density at radius 1 is 1.56 bits per heavy atom. The Morgan fingerprint density at radius 2 is 2.17 bits per heavy atom. The van der Waals surface area contributed by atoms with Crippen LogP contribution in [0.25, 0.3) is 0 Å². The zero-order chi connectivity index (χ0) is 13.9. The van der Waals surface area contributed by atoms with Crippen LogP contribution >= 0.6 is 0 Å². The molecule has 1 rings (SSSR count). The molecule has 1 aromatic rings. The van der Waals surface area contributed by atoms with Crippen molar-refractivity contribution in [1.82, 2.24) is 9.55 Å². The summed E-state index contributed by atoms with van der Waals surface area (Å²) in [6.45, 7) is 5.59. The molecule has 18 heavy (non-hydrogen) atoms. The van der Waals surface area contributed by atoms with Crippen LogP contribution in [0.4, 0.5) is 0 Å². The first kappa shape index (κ1) is 14.2. The van der Waals surface area contributed by atoms with Gasteiger partial charge in [-0.25, -0.2) is 4.79 Å². The minimum absolute atomic E-state index is 0.0372. The Kier molecular flexibility index (Phi) is 4.09. The van der Waals surface area contributed by atoms with Crippen molar-refractivity contribution in [2.24, 2.45) is 5.92 Å². The van der Waals surface area contributed by atoms with Gasteiger partial charge in [-0.2, -0.15) is 5.26 Å². The third-order valence-electron chi connectivity index (χ3n) is 2.49. The first-order valence-electron chi connectivity index (χ1n) is 5.71. The molecule has 0 aliphatic heterocycles. The second kappa shape index (κ2) is 5.19. The van der Waals surface area contributed by atoms with Crippen molar-refractivity contribution in [2.45, 2.75) is 39.3 Å². The van der Waals surface area contributed by atoms with Gasteiger partial charge in [0.2, 0.25) is 0 Å². The molecule has 0 fully saturated rings. The van der Waals surface area contributed by atoms with Crippen LogP contribution in [-0.4, -0.2) is 20.3 Å². The van der Waals surface area contributed by atoms with Crippen LogP contribution in [0.3, 0.4) is 0 Å². The predicted molar refractivity (Wildman–Crippen MR) is 66.1 cm³/mol. The van der Waals surface area contributed by atoms with Crippen LogP contribution in [0.15, 0.2) is 15.8 Å². The van der Waals surface area contributed by atoms with Crippen molar-refractivity contribution >= 4 is 0 Å². The molecule has 2 N–H and O–H groups in total. The van der Waals surface area contributed by atoms with E-state index in [4.69, 9.17) is 5.26 Å². The van der Waals surface area contributed by atoms with Crippen molar-refractivity contribution in [3.8, 4) is 6.07 Å². The average molecular weight is 251 g/mol. The fraction of sp³-hybridized carbons (Fsp3) is 0.583. The molecule has 1 aromatic heterocycles. The van der Waals surface area contributed by atoms with Crippen LogP contribution in [0.1, 0.15) is 32.8 Å². The number of hydrogen-bond donors (Lipinski definition) is 2. The number of H-pyrrole nitrogens is 1. The SMILES string of the molecule is CC(C)CC(C)(O)Cn1cc(C#N)c(=O)[nH]c1=O. The first-order chi connectivity index (χ1) is 8.25. The van der Waals surface area contributed by atoms with Crippen LogP contribution in [0.5, 0.6) is 0 Å². The largest absolute Gasteiger partial charge is 0.388 e. The van der Waals surface area contributed by atoms with Crippen LogP contribution in [0, 0.1) is 17.2 Å². The van der Waals surface area contributed by atoms with E-state index in [-0.39, 0.29) is 18.0 Å². The quantitative estimate of drug-likeness (QED) is 0.798. The summed E-state index contributed by atoms with van der Waals surface area (Å²) in [6, 6.07) is 1.70. The van der Waals surface area contributed by atoms with Gasteiger partial charge in [-0.15, -0.1) is 0 Å². The van der Waals surface area contributed by atoms with Crippen LogP contribution in [0.2, 0.25) is 0 Å². The number of nitrogens with one attached hydrogen (secondary N) is 1. The van der Waals surface area contributed by atoms with Gasteiger partial charge in [0.05, 0.1) is 12.1 Å². The predicted octanol–water partition coefficient (Wildman–Crippen LogP) is 0.205. The van der Waals surface area contributed by atoms with E-state index in [1.165, 1.54) is 6.20 Å². The van der Waals surface area contributed by atoms with E-state index >= 15 is 0 Å². The molecule has 0 saturated heterocycles. The first-order valence-corrected chi connectivity index (χ1v) is 5.71. The molecule has 0 saturated carbocycles. The molecule has 0 aliphatic rings. The highest BCUT2D eigenvalue weighted by molar-refractivity contribution is 5.21. The van der Waals surface area contributed by atoms with Gasteiger partial charge in [0.1, 0.15) is 11.6 Å². The molecule has 6 nitrogen and oxygen atoms in total. The minimum Gasteiger partial charge on any atom is -0.388 e. The average Bonchev–Trinajstić information content (AvgIpc) is 2.19. The molecule has 0 radical (unpaired) electrons. The molecule has 0 aromatic carbocycles. The summed E-state index contributed by atoms with van der Waals surface area (Å²) >= 11 is 0. The van der Waals surface area contributed by atoms with Gasteiger partial charge in [-0.1, -0.05) is 13.8 Å². The molecule has 0 bridgehead atoms. The third-order valence-corrected chi connectivity index (χ3v) is 2.49. The lowest BCUT2D eigenvalue weighted by molar-refractivity contribution is 0.0202. The molecule has 0 amide bonds. The van der Waals surface area contributed by atoms with E-state index in [2.05, 4.69) is 4.98 Å². The van der Waals surface area contributed by atoms with E-state index in [0.29, 0.717) is 6.42 Å². The maximum absolute atomic E-state index is 11.6. The van der Waals surface area contributed by atoms with Gasteiger partial charge < -0.3 is 5.11 Å². The smallest absolute Gasteiger partial charge is 0.328 e. The molecule has 1 unspecified atom stereocenters. The molecule has 0 aliphatic carbocycles. The summed E-state index contributed by atoms with van der Waals surface area (Å²) in [5.41, 5.74) is -2.54. The maximum atomic E-state index is 11.6. The number of aromatic nitrogens is 2. The Balaban J connectivity index is 3.09. The lowest BCUT2D eigenvalue weighted by atomic mass is 9.94. The molecule has 6 heteroatoms. The number of aliphatic hydroxyl groups is 1. The van der Waals surface area contributed by atoms with Crippen LogP contribution in [-0.2, 0) is 6.54 Å². The summed E-state index contributed by atoms with van der Waals surface area (Å²) in [4.78, 5) is 24.8. The summed E-state index contributed by atoms with van der Waals surface area (Å²) < 4.78 is 1.16. The molecular formula is C12H17N3O3. The summed E-state index contributed by atoms with van der Waals surface area (Å²) in [7, 11) is 0. The van der Waals surface area contributed by atoms with Crippen molar-refractivity contribution in [3.05, 3.63) is 32.6 Å². The third kappa shape index (κ3) is 3.57. The molecular weight excluding hydrogens is 234 g/mol. The Labute approximate surface area is 105 Å². The maximum Gasteiger partial charge on any atom is 0.328 e. The Bertz CT molecular complexity index is 575. The number of hydrogen-bond acceptors (Lipinski definition) is 4. The fourth-order valence-corrected chi connectivity index (χ4v) is 2.02. The lowest BCUT2D eigenvalue weighted by Crippen LogP contribution is -2.39. The topological polar surface area (TPSA) is 98.9 Å². The highest BCUT2D eigenvalue weighted by atomic mass is 16.3. The second-order valence-corrected chi connectivity index (χ2v) is 5.14. The zero-order valence-electron chi connectivity index (χ0n) is 10.7. The van der Waals surface area contributed by atoms with Crippen molar-refractivity contribution < 1.29 is 5.11 Å². The van der Waals surface area contributed by atoms with E-state index in [0.717, 1.165) is 4.57 Å². The number of aromatic amines is 1. The van der Waals surface area contributed by atoms with E-state index in [1.54, 1.807) is 13.0 Å². The van der Waals surface area contributed by atoms with Gasteiger partial charge in [0.25, 0.3) is 5.56 Å². The molecule has 1 atom stereocenters. The van der Waals surface area contributed by atoms with Crippen molar-refractivity contribution in [1.29, 1.82) is 5.26 Å². The van der Waals surface area contributed by atoms with Gasteiger partial charge in [-0.05, 0) is 19.3 Å². The summed E-state index contributed by atoms with van der Waals surface area (Å²) in [5, 5.41) is 18.9. The second-order valence-electron chi connectivity index (χ2n) is 5.14. The summed E-state index contributed by atoms with van der Waals surface area (Å²) in [6.07, 6.45) is 1.69. The molecule has 98 valence electrons. The van der Waals surface area contributed by atoms with E-state index in [1.807, 2.05) is 13.8 Å². The zero-order valence-corrected chi connectivity index (χ0v) is 10.7. The minimum atomic E-state index is -1.07. The highest BCUT2D eigenvalue weighted by Gasteiger charge is 2.23. The number of nitrogens with zero attached hydrogens (tertiary/aromatic N) is 2. The lowest BCUT2D eigenvalue weighted by Gasteiger charge is -2.25. The van der Waals surface area contributed by atoms with E-state index in [9.17, 15) is 14.7 Å². The van der Waals surface area contributed by atoms with Gasteiger partial charge >= 0.3 is 5.69 Å². The van der Waals surface area contributed by atoms with E-state index < -0.39 is 16.9 Å². The van der Waals surface area contributed by atoms with Gasteiger partial charge in [0, 0.05) is 6.20 Å². The fourth-order valence-electron chi connectivity index (χ4n) is 2.02. The van der Waals surface area contributed by atoms with Gasteiger partial charge in [0.15, 0.2) is 0 Å². The monoisotopic (exact) mass is 251 g/mol. The Morgan fingerprint density at radius 3 is 2.67 bits per heavy atom.